The molecule has 1 aliphatic heterocycles. The van der Waals surface area contributed by atoms with Gasteiger partial charge in [-0.15, -0.1) is 0 Å². The highest BCUT2D eigenvalue weighted by molar-refractivity contribution is 7.89. The second-order valence-electron chi connectivity index (χ2n) is 3.98. The normalized spacial score (nSPS) is 17.4. The third-order valence-electron chi connectivity index (χ3n) is 2.60. The number of hydrogen-bond acceptors (Lipinski definition) is 3. The van der Waals surface area contributed by atoms with Crippen molar-refractivity contribution < 1.29 is 25.7 Å². The van der Waals surface area contributed by atoms with Gasteiger partial charge in [-0.05, 0) is 12.1 Å². The Bertz CT molecular complexity index is 531. The van der Waals surface area contributed by atoms with Gasteiger partial charge < -0.3 is 12.4 Å². The van der Waals surface area contributed by atoms with Gasteiger partial charge in [0.1, 0.15) is 6.20 Å². The number of aliphatic imine (C=N–C) groups is 1. The van der Waals surface area contributed by atoms with E-state index in [4.69, 9.17) is 0 Å². The van der Waals surface area contributed by atoms with Gasteiger partial charge in [0.15, 0.2) is 6.34 Å². The van der Waals surface area contributed by atoms with Crippen LogP contribution in [0.1, 0.15) is 6.42 Å². The van der Waals surface area contributed by atoms with Crippen LogP contribution in [0.15, 0.2) is 52.6 Å². The van der Waals surface area contributed by atoms with Crippen molar-refractivity contribution in [1.29, 1.82) is 0 Å². The predicted molar refractivity (Wildman–Crippen MR) is 69.7 cm³/mol. The van der Waals surface area contributed by atoms with Crippen molar-refractivity contribution in [3.63, 3.8) is 0 Å². The van der Waals surface area contributed by atoms with Crippen LogP contribution in [0.4, 0.5) is 0 Å². The van der Waals surface area contributed by atoms with Crippen molar-refractivity contribution in [3.05, 3.63) is 42.7 Å². The minimum atomic E-state index is -3.37. The van der Waals surface area contributed by atoms with E-state index in [1.165, 1.54) is 0 Å². The second kappa shape index (κ2) is 7.40. The highest BCUT2D eigenvalue weighted by Gasteiger charge is 2.13. The van der Waals surface area contributed by atoms with E-state index in [2.05, 4.69) is 9.71 Å². The van der Waals surface area contributed by atoms with Gasteiger partial charge in [-0.25, -0.2) is 18.1 Å². The Morgan fingerprint density at radius 2 is 1.95 bits per heavy atom. The molecule has 2 N–H and O–H groups in total. The molecule has 0 bridgehead atoms. The number of benzene rings is 1. The third-order valence-corrected chi connectivity index (χ3v) is 4.08. The summed E-state index contributed by atoms with van der Waals surface area (Å²) in [5.74, 6) is 0. The van der Waals surface area contributed by atoms with Gasteiger partial charge in [0.25, 0.3) is 0 Å². The van der Waals surface area contributed by atoms with E-state index < -0.39 is 10.0 Å². The lowest BCUT2D eigenvalue weighted by atomic mass is 10.4. The molecule has 1 aromatic carbocycles. The van der Waals surface area contributed by atoms with E-state index >= 15 is 0 Å². The molecule has 1 aliphatic rings. The van der Waals surface area contributed by atoms with E-state index in [1.807, 2.05) is 6.20 Å². The molecule has 0 fully saturated rings. The zero-order valence-corrected chi connectivity index (χ0v) is 11.9. The molecule has 104 valence electrons. The number of nitrogens with one attached hydrogen (secondary N) is 2. The van der Waals surface area contributed by atoms with Gasteiger partial charge in [0.2, 0.25) is 10.0 Å². The van der Waals surface area contributed by atoms with Crippen molar-refractivity contribution in [2.24, 2.45) is 4.99 Å². The summed E-state index contributed by atoms with van der Waals surface area (Å²) in [6.45, 7) is 1.26. The summed E-state index contributed by atoms with van der Waals surface area (Å²) >= 11 is 0. The Labute approximate surface area is 119 Å². The quantitative estimate of drug-likeness (QED) is 0.543. The minimum absolute atomic E-state index is 0. The molecule has 19 heavy (non-hydrogen) atoms. The molecule has 0 radical (unpaired) electrons. The first kappa shape index (κ1) is 15.8. The van der Waals surface area contributed by atoms with Crippen molar-refractivity contribution >= 4 is 16.4 Å². The molecular weight excluding hydrogens is 286 g/mol. The molecule has 0 aromatic heterocycles. The molecule has 0 saturated carbocycles. The number of halogens is 1. The van der Waals surface area contributed by atoms with Crippen LogP contribution >= 0.6 is 0 Å². The molecule has 5 nitrogen and oxygen atoms in total. The van der Waals surface area contributed by atoms with Crippen molar-refractivity contribution in [1.82, 2.24) is 4.72 Å². The molecule has 0 aliphatic carbocycles. The molecule has 0 spiro atoms. The highest BCUT2D eigenvalue weighted by atomic mass is 35.5. The number of quaternary nitrogens is 1. The van der Waals surface area contributed by atoms with Gasteiger partial charge in [-0.2, -0.15) is 0 Å². The zero-order chi connectivity index (χ0) is 12.8. The fraction of sp³-hybridized carbons (Fsp3) is 0.250. The molecule has 1 heterocycles. The Morgan fingerprint density at radius 3 is 2.58 bits per heavy atom. The largest absolute Gasteiger partial charge is 1.00 e. The standard InChI is InChI=1S/C12H15N3O2S.ClH/c16-18(17,12-5-2-1-3-6-12)14-7-4-9-15-10-8-13-11-15;/h1-3,5-6,8,10-11,14H,4,7,9H2;1H. The Hall–Kier alpha value is -1.21. The van der Waals surface area contributed by atoms with Gasteiger partial charge in [0, 0.05) is 13.0 Å². The van der Waals surface area contributed by atoms with E-state index in [9.17, 15) is 8.42 Å². The first-order chi connectivity index (χ1) is 8.68. The maximum Gasteiger partial charge on any atom is 0.240 e. The van der Waals surface area contributed by atoms with Crippen LogP contribution in [-0.2, 0) is 10.0 Å². The Morgan fingerprint density at radius 1 is 1.21 bits per heavy atom. The second-order valence-corrected chi connectivity index (χ2v) is 5.75. The Kier molecular flexibility index (Phi) is 6.17. The van der Waals surface area contributed by atoms with Crippen LogP contribution in [0.5, 0.6) is 0 Å². The molecular formula is C12H16ClN3O2S. The number of hydrogen-bond donors (Lipinski definition) is 2. The van der Waals surface area contributed by atoms with Gasteiger partial charge in [0.05, 0.1) is 17.6 Å². The molecule has 1 aromatic rings. The lowest BCUT2D eigenvalue weighted by Gasteiger charge is -2.07. The number of nitrogens with zero attached hydrogens (tertiary/aromatic N) is 1. The minimum Gasteiger partial charge on any atom is -1.00 e. The topological polar surface area (TPSA) is 63.0 Å². The summed E-state index contributed by atoms with van der Waals surface area (Å²) in [5, 5.41) is 0. The van der Waals surface area contributed by atoms with Crippen molar-refractivity contribution in [2.75, 3.05) is 13.1 Å². The summed E-state index contributed by atoms with van der Waals surface area (Å²) in [4.78, 5) is 5.40. The third kappa shape index (κ3) is 4.76. The van der Waals surface area contributed by atoms with Crippen LogP contribution in [0.2, 0.25) is 0 Å². The van der Waals surface area contributed by atoms with Gasteiger partial charge in [-0.1, -0.05) is 18.2 Å². The molecule has 1 atom stereocenters. The molecule has 0 saturated heterocycles. The summed E-state index contributed by atoms with van der Waals surface area (Å²) in [6, 6.07) is 8.39. The maximum absolute atomic E-state index is 11.9. The number of rotatable bonds is 6. The highest BCUT2D eigenvalue weighted by Crippen LogP contribution is 2.06. The fourth-order valence-electron chi connectivity index (χ4n) is 1.65. The number of sulfonamides is 1. The van der Waals surface area contributed by atoms with Crippen LogP contribution in [0.3, 0.4) is 0 Å². The zero-order valence-electron chi connectivity index (χ0n) is 10.3. The first-order valence-electron chi connectivity index (χ1n) is 5.79. The lowest BCUT2D eigenvalue weighted by Crippen LogP contribution is -3.05. The predicted octanol–water partition coefficient (Wildman–Crippen LogP) is -3.24. The SMILES string of the molecule is O=S(=O)(NCCC[NH+]1C=CN=C1)c1ccccc1.[Cl-]. The van der Waals surface area contributed by atoms with Crippen molar-refractivity contribution in [3.8, 4) is 0 Å². The monoisotopic (exact) mass is 301 g/mol. The summed E-state index contributed by atoms with van der Waals surface area (Å²) < 4.78 is 26.3. The van der Waals surface area contributed by atoms with Gasteiger partial charge >= 0.3 is 0 Å². The molecule has 0 amide bonds. The van der Waals surface area contributed by atoms with E-state index in [-0.39, 0.29) is 12.4 Å². The summed E-state index contributed by atoms with van der Waals surface area (Å²) in [6.07, 6.45) is 6.23. The van der Waals surface area contributed by atoms with Crippen LogP contribution in [0, 0.1) is 0 Å². The Balaban J connectivity index is 0.00000180. The van der Waals surface area contributed by atoms with Crippen LogP contribution in [0.25, 0.3) is 0 Å². The van der Waals surface area contributed by atoms with E-state index in [0.29, 0.717) is 11.4 Å². The van der Waals surface area contributed by atoms with Gasteiger partial charge in [-0.3, -0.25) is 4.90 Å². The average Bonchev–Trinajstić information content (AvgIpc) is 2.89. The molecule has 7 heteroatoms. The fourth-order valence-corrected chi connectivity index (χ4v) is 2.75. The van der Waals surface area contributed by atoms with Crippen LogP contribution < -0.4 is 22.0 Å². The van der Waals surface area contributed by atoms with Crippen LogP contribution in [-0.4, -0.2) is 27.8 Å². The lowest BCUT2D eigenvalue weighted by molar-refractivity contribution is -0.736. The maximum atomic E-state index is 11.9. The van der Waals surface area contributed by atoms with E-state index in [0.717, 1.165) is 17.9 Å². The van der Waals surface area contributed by atoms with E-state index in [1.54, 1.807) is 42.9 Å². The summed E-state index contributed by atoms with van der Waals surface area (Å²) in [5.41, 5.74) is 0. The summed E-state index contributed by atoms with van der Waals surface area (Å²) in [7, 11) is -3.37. The molecule has 2 rings (SSSR count). The average molecular weight is 302 g/mol. The smallest absolute Gasteiger partial charge is 0.240 e. The van der Waals surface area contributed by atoms with Crippen molar-refractivity contribution in [2.45, 2.75) is 11.3 Å². The molecule has 1 unspecified atom stereocenters. The first-order valence-corrected chi connectivity index (χ1v) is 7.27.